The average Bonchev–Trinajstić information content (AvgIpc) is 3.85. The van der Waals surface area contributed by atoms with Crippen molar-refractivity contribution >= 4 is 41.3 Å². The summed E-state index contributed by atoms with van der Waals surface area (Å²) in [5, 5.41) is 9.12. The van der Waals surface area contributed by atoms with E-state index in [4.69, 9.17) is 5.73 Å². The summed E-state index contributed by atoms with van der Waals surface area (Å²) >= 11 is 1.73. The van der Waals surface area contributed by atoms with Gasteiger partial charge in [0.2, 0.25) is 17.6 Å². The number of Topliss-reactive ketones (excluding diaryl/α,β-unsaturated/α-hetero) is 1. The van der Waals surface area contributed by atoms with E-state index in [-0.39, 0.29) is 40.6 Å². The third-order valence-electron chi connectivity index (χ3n) is 10.7. The lowest BCUT2D eigenvalue weighted by Gasteiger charge is -2.40. The van der Waals surface area contributed by atoms with Gasteiger partial charge in [0.1, 0.15) is 12.1 Å². The van der Waals surface area contributed by atoms with Crippen LogP contribution in [0.3, 0.4) is 0 Å². The van der Waals surface area contributed by atoms with Gasteiger partial charge in [0.05, 0.1) is 11.6 Å². The van der Waals surface area contributed by atoms with Gasteiger partial charge < -0.3 is 26.6 Å². The number of thioether (sulfide) groups is 1. The highest BCUT2D eigenvalue weighted by atomic mass is 32.2. The zero-order chi connectivity index (χ0) is 33.4. The fourth-order valence-corrected chi connectivity index (χ4v) is 8.81. The number of piperidine rings is 1. The molecule has 1 heterocycles. The number of hydrogen-bond donors (Lipinski definition) is 4. The Morgan fingerprint density at radius 3 is 2.24 bits per heavy atom. The molecule has 1 aromatic carbocycles. The number of likely N-dealkylation sites (tertiary alicyclic amines) is 1. The Morgan fingerprint density at radius 2 is 1.65 bits per heavy atom. The minimum atomic E-state index is -1.07. The molecule has 4 fully saturated rings. The van der Waals surface area contributed by atoms with Crippen LogP contribution in [0.25, 0.3) is 0 Å². The Labute approximate surface area is 277 Å². The molecule has 1 aromatic rings. The first kappa shape index (κ1) is 34.3. The zero-order valence-electron chi connectivity index (χ0n) is 27.9. The van der Waals surface area contributed by atoms with Gasteiger partial charge in [-0.25, -0.2) is 4.79 Å². The molecule has 1 aliphatic heterocycles. The summed E-state index contributed by atoms with van der Waals surface area (Å²) in [7, 11) is 0. The Balaban J connectivity index is 1.31. The summed E-state index contributed by atoms with van der Waals surface area (Å²) in [5.74, 6) is -1.60. The molecule has 10 nitrogen and oxygen atoms in total. The van der Waals surface area contributed by atoms with Crippen LogP contribution in [0.5, 0.6) is 0 Å². The molecule has 46 heavy (non-hydrogen) atoms. The van der Waals surface area contributed by atoms with Crippen molar-refractivity contribution in [2.45, 2.75) is 115 Å². The number of nitrogens with zero attached hydrogens (tertiary/aromatic N) is 1. The molecule has 5 amide bonds. The second-order valence-electron chi connectivity index (χ2n) is 15.7. The van der Waals surface area contributed by atoms with E-state index in [9.17, 15) is 24.0 Å². The Bertz CT molecular complexity index is 1330. The smallest absolute Gasteiger partial charge is 0.315 e. The van der Waals surface area contributed by atoms with Crippen LogP contribution in [0.1, 0.15) is 86.0 Å². The van der Waals surface area contributed by atoms with Crippen molar-refractivity contribution in [1.29, 1.82) is 0 Å². The number of primary amides is 1. The Morgan fingerprint density at radius 1 is 1.00 bits per heavy atom. The average molecular weight is 654 g/mol. The molecule has 11 heteroatoms. The predicted octanol–water partition coefficient (Wildman–Crippen LogP) is 4.02. The summed E-state index contributed by atoms with van der Waals surface area (Å²) in [6.45, 7) is 10.3. The van der Waals surface area contributed by atoms with Gasteiger partial charge in [-0.3, -0.25) is 19.2 Å². The van der Waals surface area contributed by atoms with Crippen molar-refractivity contribution in [2.75, 3.05) is 12.3 Å². The highest BCUT2D eigenvalue weighted by Crippen LogP contribution is 2.65. The molecular weight excluding hydrogens is 602 g/mol. The fourth-order valence-electron chi connectivity index (χ4n) is 7.66. The number of carbonyl (C=O) groups is 5. The van der Waals surface area contributed by atoms with Crippen LogP contribution in [-0.2, 0) is 19.2 Å². The summed E-state index contributed by atoms with van der Waals surface area (Å²) in [6.07, 6.45) is 7.17. The maximum Gasteiger partial charge on any atom is 0.315 e. The van der Waals surface area contributed by atoms with Crippen LogP contribution in [0.2, 0.25) is 0 Å². The lowest BCUT2D eigenvalue weighted by molar-refractivity contribution is -0.145. The van der Waals surface area contributed by atoms with E-state index in [2.05, 4.69) is 41.9 Å². The first-order valence-electron chi connectivity index (χ1n) is 16.8. The van der Waals surface area contributed by atoms with Gasteiger partial charge in [0.25, 0.3) is 5.91 Å². The first-order valence-corrected chi connectivity index (χ1v) is 17.8. The van der Waals surface area contributed by atoms with Crippen molar-refractivity contribution in [2.24, 2.45) is 34.3 Å². The second kappa shape index (κ2) is 13.2. The van der Waals surface area contributed by atoms with Gasteiger partial charge in [-0.05, 0) is 60.0 Å². The number of nitrogens with two attached hydrogens (primary N) is 1. The largest absolute Gasteiger partial charge is 0.363 e. The van der Waals surface area contributed by atoms with E-state index in [1.54, 1.807) is 16.7 Å². The molecule has 5 N–H and O–H groups in total. The highest BCUT2D eigenvalue weighted by molar-refractivity contribution is 7.99. The lowest BCUT2D eigenvalue weighted by Crippen LogP contribution is -2.63. The van der Waals surface area contributed by atoms with Crippen molar-refractivity contribution in [1.82, 2.24) is 20.9 Å². The number of rotatable bonds is 12. The Kier molecular flexibility index (Phi) is 9.83. The lowest BCUT2D eigenvalue weighted by atomic mass is 9.83. The van der Waals surface area contributed by atoms with Crippen molar-refractivity contribution in [3.8, 4) is 0 Å². The number of carbonyl (C=O) groups excluding carboxylic acids is 5. The highest BCUT2D eigenvalue weighted by Gasteiger charge is 2.70. The van der Waals surface area contributed by atoms with Gasteiger partial charge in [-0.1, -0.05) is 84.9 Å². The topological polar surface area (TPSA) is 151 Å². The van der Waals surface area contributed by atoms with Gasteiger partial charge >= 0.3 is 6.03 Å². The van der Waals surface area contributed by atoms with Crippen LogP contribution >= 0.6 is 11.8 Å². The van der Waals surface area contributed by atoms with Gasteiger partial charge in [0, 0.05) is 17.2 Å². The molecule has 1 saturated heterocycles. The molecule has 5 rings (SSSR count). The van der Waals surface area contributed by atoms with Gasteiger partial charge in [-0.2, -0.15) is 0 Å². The van der Waals surface area contributed by atoms with Gasteiger partial charge in [0.15, 0.2) is 0 Å². The van der Waals surface area contributed by atoms with E-state index in [0.717, 1.165) is 55.6 Å². The predicted molar refractivity (Wildman–Crippen MR) is 178 cm³/mol. The molecule has 3 aliphatic carbocycles. The minimum absolute atomic E-state index is 0.0864. The Hall–Kier alpha value is -3.08. The van der Waals surface area contributed by atoms with E-state index >= 15 is 0 Å². The normalized spacial score (nSPS) is 25.8. The number of fused-ring (bicyclic) bond motifs is 1. The van der Waals surface area contributed by atoms with Crippen molar-refractivity contribution < 1.29 is 24.0 Å². The number of urea groups is 1. The summed E-state index contributed by atoms with van der Waals surface area (Å²) in [4.78, 5) is 69.2. The third-order valence-corrected chi connectivity index (χ3v) is 12.0. The monoisotopic (exact) mass is 653 g/mol. The van der Waals surface area contributed by atoms with E-state index in [1.165, 1.54) is 0 Å². The maximum atomic E-state index is 14.4. The first-order chi connectivity index (χ1) is 21.6. The fraction of sp³-hybridized carbons (Fsp3) is 0.686. The van der Waals surface area contributed by atoms with Crippen LogP contribution in [-0.4, -0.2) is 70.4 Å². The number of benzene rings is 1. The quantitative estimate of drug-likeness (QED) is 0.198. The molecule has 2 unspecified atom stereocenters. The minimum Gasteiger partial charge on any atom is -0.363 e. The molecule has 0 radical (unpaired) electrons. The molecule has 0 bridgehead atoms. The zero-order valence-corrected chi connectivity index (χ0v) is 28.7. The number of amides is 5. The summed E-state index contributed by atoms with van der Waals surface area (Å²) in [5.41, 5.74) is 4.14. The molecule has 0 spiro atoms. The molecule has 4 aliphatic rings. The molecule has 3 saturated carbocycles. The van der Waals surface area contributed by atoms with Crippen LogP contribution in [0, 0.1) is 28.6 Å². The van der Waals surface area contributed by atoms with Crippen LogP contribution in [0.15, 0.2) is 35.2 Å². The third kappa shape index (κ3) is 7.55. The molecule has 5 atom stereocenters. The summed E-state index contributed by atoms with van der Waals surface area (Å²) in [6, 6.07) is 7.07. The number of ketones is 1. The van der Waals surface area contributed by atoms with Gasteiger partial charge in [-0.15, -0.1) is 11.8 Å². The molecular formula is C35H51N5O5S. The summed E-state index contributed by atoms with van der Waals surface area (Å²) < 4.78 is 0. The van der Waals surface area contributed by atoms with Crippen LogP contribution in [0.4, 0.5) is 4.79 Å². The molecule has 252 valence electrons. The number of nitrogens with one attached hydrogen (secondary N) is 3. The van der Waals surface area contributed by atoms with E-state index in [0.29, 0.717) is 13.0 Å². The van der Waals surface area contributed by atoms with E-state index < -0.39 is 41.1 Å². The maximum absolute atomic E-state index is 14.4. The molecule has 0 aromatic heterocycles. The van der Waals surface area contributed by atoms with Crippen molar-refractivity contribution in [3.05, 3.63) is 30.3 Å². The second-order valence-corrected chi connectivity index (χ2v) is 16.7. The van der Waals surface area contributed by atoms with E-state index in [1.807, 2.05) is 39.0 Å². The standard InChI is InChI=1S/C35H51N5O5S/c1-33(2,3)28(38-32(45)39-35(16-10-7-11-17-35)20-46-22-12-8-6-9-13-22)31(44)40-19-23-25(34(23,4)5)26(40)30(43)37-24(18-21-14-15-21)27(41)29(36)42/h6,8-9,12-13,21,23-26,28H,7,10-11,14-20H2,1-5H3,(H2,36,42)(H,37,43)(H2,38,39,45)/t23?,24?,25-,26-,28+/m0/s1. The van der Waals surface area contributed by atoms with Crippen molar-refractivity contribution in [3.63, 3.8) is 0 Å². The number of hydrogen-bond acceptors (Lipinski definition) is 6. The SMILES string of the molecule is CC(C)(C)[C@H](NC(=O)NC1(CSc2ccccc2)CCCCC1)C(=O)N1CC2[C@@H]([C@H]1C(=O)NC(CC1CC1)C(=O)C(N)=O)C2(C)C. The van der Waals surface area contributed by atoms with Crippen LogP contribution < -0.4 is 21.7 Å².